The van der Waals surface area contributed by atoms with Crippen molar-refractivity contribution >= 4 is 34.2 Å². The summed E-state index contributed by atoms with van der Waals surface area (Å²) in [6.45, 7) is 2.45. The van der Waals surface area contributed by atoms with Crippen LogP contribution < -0.4 is 11.1 Å². The predicted octanol–water partition coefficient (Wildman–Crippen LogP) is 4.07. The van der Waals surface area contributed by atoms with Crippen LogP contribution >= 0.6 is 28.3 Å². The summed E-state index contributed by atoms with van der Waals surface area (Å²) in [6, 6.07) is 11.9. The molecule has 6 heteroatoms. The first-order valence-corrected chi connectivity index (χ1v) is 8.30. The summed E-state index contributed by atoms with van der Waals surface area (Å²) in [5, 5.41) is 2.80. The number of carbonyl (C=O) groups excluding carboxylic acids is 1. The van der Waals surface area contributed by atoms with Crippen LogP contribution in [0.25, 0.3) is 0 Å². The van der Waals surface area contributed by atoms with E-state index in [1.165, 1.54) is 6.07 Å². The molecule has 0 aliphatic rings. The molecule has 1 amide bonds. The average Bonchev–Trinajstić information content (AvgIpc) is 2.53. The second-order valence-corrected chi connectivity index (χ2v) is 6.43. The van der Waals surface area contributed by atoms with Gasteiger partial charge in [0.1, 0.15) is 11.9 Å². The predicted molar refractivity (Wildman–Crippen MR) is 101 cm³/mol. The standard InChI is InChI=1S/C18H20BrFN2O.ClH/c1-12-4-6-14(7-5-12)17(21)18(23)22-10-2-3-13-8-9-15(19)11-16(13)20;/h4-9,11,17H,2-3,10,21H2,1H3,(H,22,23);1H. The van der Waals surface area contributed by atoms with Crippen LogP contribution in [0, 0.1) is 12.7 Å². The van der Waals surface area contributed by atoms with E-state index in [-0.39, 0.29) is 24.1 Å². The largest absolute Gasteiger partial charge is 0.354 e. The average molecular weight is 416 g/mol. The van der Waals surface area contributed by atoms with E-state index < -0.39 is 6.04 Å². The normalized spacial score (nSPS) is 11.5. The number of rotatable bonds is 6. The Morgan fingerprint density at radius 1 is 1.25 bits per heavy atom. The highest BCUT2D eigenvalue weighted by atomic mass is 79.9. The van der Waals surface area contributed by atoms with E-state index in [0.29, 0.717) is 24.9 Å². The van der Waals surface area contributed by atoms with Crippen molar-refractivity contribution in [2.45, 2.75) is 25.8 Å². The Morgan fingerprint density at radius 3 is 2.54 bits per heavy atom. The number of nitrogens with two attached hydrogens (primary N) is 1. The third kappa shape index (κ3) is 5.89. The highest BCUT2D eigenvalue weighted by molar-refractivity contribution is 9.10. The van der Waals surface area contributed by atoms with Crippen molar-refractivity contribution in [3.05, 3.63) is 69.4 Å². The zero-order valence-electron chi connectivity index (χ0n) is 13.4. The van der Waals surface area contributed by atoms with E-state index in [9.17, 15) is 9.18 Å². The van der Waals surface area contributed by atoms with Gasteiger partial charge in [0.05, 0.1) is 0 Å². The summed E-state index contributed by atoms with van der Waals surface area (Å²) >= 11 is 3.23. The molecule has 0 bridgehead atoms. The molecule has 0 aliphatic heterocycles. The zero-order chi connectivity index (χ0) is 16.8. The summed E-state index contributed by atoms with van der Waals surface area (Å²) in [7, 11) is 0. The minimum Gasteiger partial charge on any atom is -0.354 e. The van der Waals surface area contributed by atoms with Gasteiger partial charge in [-0.2, -0.15) is 0 Å². The molecule has 0 aliphatic carbocycles. The molecule has 0 spiro atoms. The number of amides is 1. The molecule has 0 heterocycles. The monoisotopic (exact) mass is 414 g/mol. The van der Waals surface area contributed by atoms with Crippen molar-refractivity contribution in [1.82, 2.24) is 5.32 Å². The lowest BCUT2D eigenvalue weighted by atomic mass is 10.1. The molecule has 2 aromatic carbocycles. The van der Waals surface area contributed by atoms with E-state index in [2.05, 4.69) is 21.2 Å². The van der Waals surface area contributed by atoms with Crippen LogP contribution in [0.3, 0.4) is 0 Å². The molecular weight excluding hydrogens is 395 g/mol. The quantitative estimate of drug-likeness (QED) is 0.699. The molecule has 1 unspecified atom stereocenters. The van der Waals surface area contributed by atoms with E-state index in [1.54, 1.807) is 6.07 Å². The first-order chi connectivity index (χ1) is 11.0. The molecule has 0 radical (unpaired) electrons. The Hall–Kier alpha value is -1.43. The van der Waals surface area contributed by atoms with Gasteiger partial charge in [-0.05, 0) is 43.0 Å². The number of carbonyl (C=O) groups is 1. The molecule has 0 saturated carbocycles. The van der Waals surface area contributed by atoms with Gasteiger partial charge in [0, 0.05) is 11.0 Å². The summed E-state index contributed by atoms with van der Waals surface area (Å²) < 4.78 is 14.4. The molecule has 2 rings (SSSR count). The van der Waals surface area contributed by atoms with Crippen LogP contribution in [0.15, 0.2) is 46.9 Å². The maximum absolute atomic E-state index is 13.7. The van der Waals surface area contributed by atoms with Crippen LogP contribution in [0.5, 0.6) is 0 Å². The van der Waals surface area contributed by atoms with Crippen molar-refractivity contribution in [2.75, 3.05) is 6.54 Å². The van der Waals surface area contributed by atoms with E-state index >= 15 is 0 Å². The van der Waals surface area contributed by atoms with Gasteiger partial charge in [0.2, 0.25) is 5.91 Å². The lowest BCUT2D eigenvalue weighted by molar-refractivity contribution is -0.122. The third-order valence-electron chi connectivity index (χ3n) is 3.66. The van der Waals surface area contributed by atoms with Gasteiger partial charge in [-0.3, -0.25) is 4.79 Å². The molecule has 0 aromatic heterocycles. The topological polar surface area (TPSA) is 55.1 Å². The minimum atomic E-state index is -0.681. The second kappa shape index (κ2) is 9.77. The van der Waals surface area contributed by atoms with E-state index in [0.717, 1.165) is 15.6 Å². The van der Waals surface area contributed by atoms with Gasteiger partial charge in [-0.1, -0.05) is 51.8 Å². The molecule has 1 atom stereocenters. The molecule has 0 fully saturated rings. The fourth-order valence-electron chi connectivity index (χ4n) is 2.25. The molecule has 3 nitrogen and oxygen atoms in total. The molecule has 130 valence electrons. The molecule has 3 N–H and O–H groups in total. The van der Waals surface area contributed by atoms with Crippen LogP contribution in [0.2, 0.25) is 0 Å². The summed E-state index contributed by atoms with van der Waals surface area (Å²) in [5.41, 5.74) is 8.50. The van der Waals surface area contributed by atoms with Crippen LogP contribution in [-0.4, -0.2) is 12.5 Å². The highest BCUT2D eigenvalue weighted by Crippen LogP contribution is 2.16. The van der Waals surface area contributed by atoms with Crippen molar-refractivity contribution in [3.63, 3.8) is 0 Å². The SMILES string of the molecule is Cc1ccc(C(N)C(=O)NCCCc2ccc(Br)cc2F)cc1.Cl. The maximum atomic E-state index is 13.7. The molecule has 2 aromatic rings. The number of nitrogens with one attached hydrogen (secondary N) is 1. The van der Waals surface area contributed by atoms with Crippen molar-refractivity contribution in [2.24, 2.45) is 5.73 Å². The van der Waals surface area contributed by atoms with Crippen LogP contribution in [0.4, 0.5) is 4.39 Å². The Bertz CT molecular complexity index is 679. The van der Waals surface area contributed by atoms with Gasteiger partial charge in [-0.25, -0.2) is 4.39 Å². The number of benzene rings is 2. The Labute approximate surface area is 156 Å². The van der Waals surface area contributed by atoms with Gasteiger partial charge >= 0.3 is 0 Å². The van der Waals surface area contributed by atoms with Gasteiger partial charge in [0.15, 0.2) is 0 Å². The number of halogens is 3. The smallest absolute Gasteiger partial charge is 0.241 e. The summed E-state index contributed by atoms with van der Waals surface area (Å²) in [6.07, 6.45) is 1.23. The third-order valence-corrected chi connectivity index (χ3v) is 4.15. The fraction of sp³-hybridized carbons (Fsp3) is 0.278. The fourth-order valence-corrected chi connectivity index (χ4v) is 2.58. The Kier molecular flexibility index (Phi) is 8.39. The van der Waals surface area contributed by atoms with Crippen molar-refractivity contribution in [3.8, 4) is 0 Å². The molecule has 24 heavy (non-hydrogen) atoms. The van der Waals surface area contributed by atoms with Crippen LogP contribution in [-0.2, 0) is 11.2 Å². The second-order valence-electron chi connectivity index (χ2n) is 5.52. The Morgan fingerprint density at radius 2 is 1.92 bits per heavy atom. The maximum Gasteiger partial charge on any atom is 0.241 e. The van der Waals surface area contributed by atoms with Gasteiger partial charge in [0.25, 0.3) is 0 Å². The first kappa shape index (κ1) is 20.6. The van der Waals surface area contributed by atoms with Gasteiger partial charge < -0.3 is 11.1 Å². The van der Waals surface area contributed by atoms with Gasteiger partial charge in [-0.15, -0.1) is 12.4 Å². The lowest BCUT2D eigenvalue weighted by Crippen LogP contribution is -2.34. The Balaban J connectivity index is 0.00000288. The number of hydrogen-bond donors (Lipinski definition) is 2. The zero-order valence-corrected chi connectivity index (χ0v) is 15.8. The van der Waals surface area contributed by atoms with E-state index in [4.69, 9.17) is 5.73 Å². The lowest BCUT2D eigenvalue weighted by Gasteiger charge is -2.13. The minimum absolute atomic E-state index is 0. The molecule has 0 saturated heterocycles. The highest BCUT2D eigenvalue weighted by Gasteiger charge is 2.14. The summed E-state index contributed by atoms with van der Waals surface area (Å²) in [5.74, 6) is -0.452. The molecular formula is C18H21BrClFN2O. The van der Waals surface area contributed by atoms with E-state index in [1.807, 2.05) is 37.3 Å². The number of hydrogen-bond acceptors (Lipinski definition) is 2. The summed E-state index contributed by atoms with van der Waals surface area (Å²) in [4.78, 5) is 12.0. The van der Waals surface area contributed by atoms with Crippen molar-refractivity contribution in [1.29, 1.82) is 0 Å². The van der Waals surface area contributed by atoms with Crippen molar-refractivity contribution < 1.29 is 9.18 Å². The van der Waals surface area contributed by atoms with Crippen LogP contribution in [0.1, 0.15) is 29.2 Å². The number of aryl methyl sites for hydroxylation is 2. The first-order valence-electron chi connectivity index (χ1n) is 7.51.